The first kappa shape index (κ1) is 14.9. The van der Waals surface area contributed by atoms with Crippen LogP contribution in [0.3, 0.4) is 0 Å². The van der Waals surface area contributed by atoms with Crippen LogP contribution >= 0.6 is 0 Å². The van der Waals surface area contributed by atoms with E-state index in [4.69, 9.17) is 10.5 Å². The Kier molecular flexibility index (Phi) is 4.82. The predicted molar refractivity (Wildman–Crippen MR) is 86.0 cm³/mol. The molecule has 0 aromatic heterocycles. The summed E-state index contributed by atoms with van der Waals surface area (Å²) in [6, 6.07) is 13.4. The standard InChI is InChI=1S/C17H20N2O2/c1-12(20)16-11-14(6-7-17(16)18)19-9-8-13-4-3-5-15(10-13)21-2/h3-7,10-11,19H,8-9,18H2,1-2H3. The van der Waals surface area contributed by atoms with Crippen LogP contribution < -0.4 is 15.8 Å². The number of hydrogen-bond donors (Lipinski definition) is 2. The van der Waals surface area contributed by atoms with E-state index in [2.05, 4.69) is 11.4 Å². The van der Waals surface area contributed by atoms with Gasteiger partial charge in [-0.3, -0.25) is 4.79 Å². The summed E-state index contributed by atoms with van der Waals surface area (Å²) >= 11 is 0. The lowest BCUT2D eigenvalue weighted by atomic mass is 10.1. The highest BCUT2D eigenvalue weighted by Crippen LogP contribution is 2.19. The van der Waals surface area contributed by atoms with Crippen molar-refractivity contribution in [2.75, 3.05) is 24.7 Å². The molecule has 0 radical (unpaired) electrons. The van der Waals surface area contributed by atoms with Crippen molar-refractivity contribution in [3.05, 3.63) is 53.6 Å². The fraction of sp³-hybridized carbons (Fsp3) is 0.235. The minimum atomic E-state index is -0.0241. The van der Waals surface area contributed by atoms with Crippen LogP contribution in [0.4, 0.5) is 11.4 Å². The number of carbonyl (C=O) groups excluding carboxylic acids is 1. The van der Waals surface area contributed by atoms with Crippen LogP contribution in [0.1, 0.15) is 22.8 Å². The molecule has 0 aliphatic rings. The van der Waals surface area contributed by atoms with Gasteiger partial charge in [-0.25, -0.2) is 0 Å². The van der Waals surface area contributed by atoms with E-state index in [0.29, 0.717) is 11.3 Å². The lowest BCUT2D eigenvalue weighted by molar-refractivity contribution is 0.101. The summed E-state index contributed by atoms with van der Waals surface area (Å²) in [5.74, 6) is 0.836. The van der Waals surface area contributed by atoms with E-state index in [1.807, 2.05) is 24.3 Å². The van der Waals surface area contributed by atoms with Crippen molar-refractivity contribution in [3.8, 4) is 5.75 Å². The lowest BCUT2D eigenvalue weighted by Gasteiger charge is -2.10. The minimum absolute atomic E-state index is 0.0241. The molecule has 0 saturated heterocycles. The minimum Gasteiger partial charge on any atom is -0.497 e. The second kappa shape index (κ2) is 6.79. The molecule has 3 N–H and O–H groups in total. The van der Waals surface area contributed by atoms with Crippen molar-refractivity contribution in [2.45, 2.75) is 13.3 Å². The number of hydrogen-bond acceptors (Lipinski definition) is 4. The lowest BCUT2D eigenvalue weighted by Crippen LogP contribution is -2.07. The normalized spacial score (nSPS) is 10.2. The van der Waals surface area contributed by atoms with Crippen LogP contribution in [0.25, 0.3) is 0 Å². The molecule has 0 fully saturated rings. The molecular weight excluding hydrogens is 264 g/mol. The summed E-state index contributed by atoms with van der Waals surface area (Å²) < 4.78 is 5.20. The summed E-state index contributed by atoms with van der Waals surface area (Å²) in [5, 5.41) is 3.30. The molecule has 0 unspecified atom stereocenters. The molecule has 0 spiro atoms. The van der Waals surface area contributed by atoms with Gasteiger partial charge in [-0.2, -0.15) is 0 Å². The molecule has 2 aromatic carbocycles. The maximum absolute atomic E-state index is 11.5. The molecule has 110 valence electrons. The van der Waals surface area contributed by atoms with Gasteiger partial charge in [-0.1, -0.05) is 12.1 Å². The molecule has 0 atom stereocenters. The Labute approximate surface area is 124 Å². The number of nitrogen functional groups attached to an aromatic ring is 1. The molecule has 0 bridgehead atoms. The Balaban J connectivity index is 1.97. The summed E-state index contributed by atoms with van der Waals surface area (Å²) in [6.45, 7) is 2.29. The number of ether oxygens (including phenoxy) is 1. The van der Waals surface area contributed by atoms with E-state index in [9.17, 15) is 4.79 Å². The van der Waals surface area contributed by atoms with Gasteiger partial charge in [0.2, 0.25) is 0 Å². The Hall–Kier alpha value is -2.49. The molecule has 0 amide bonds. The topological polar surface area (TPSA) is 64.3 Å². The SMILES string of the molecule is COc1cccc(CCNc2ccc(N)c(C(C)=O)c2)c1. The molecule has 4 heteroatoms. The van der Waals surface area contributed by atoms with Crippen LogP contribution in [0.5, 0.6) is 5.75 Å². The molecule has 2 aromatic rings. The van der Waals surface area contributed by atoms with Gasteiger partial charge in [0.25, 0.3) is 0 Å². The van der Waals surface area contributed by atoms with Gasteiger partial charge in [-0.15, -0.1) is 0 Å². The van der Waals surface area contributed by atoms with Crippen LogP contribution in [-0.4, -0.2) is 19.4 Å². The predicted octanol–water partition coefficient (Wildman–Crippen LogP) is 3.13. The Bertz CT molecular complexity index is 638. The van der Waals surface area contributed by atoms with E-state index >= 15 is 0 Å². The summed E-state index contributed by atoms with van der Waals surface area (Å²) in [7, 11) is 1.66. The number of anilines is 2. The van der Waals surface area contributed by atoms with E-state index in [0.717, 1.165) is 24.4 Å². The first-order valence-corrected chi connectivity index (χ1v) is 6.87. The zero-order chi connectivity index (χ0) is 15.2. The number of benzene rings is 2. The number of Topliss-reactive ketones (excluding diaryl/α,β-unsaturated/α-hetero) is 1. The average Bonchev–Trinajstić information content (AvgIpc) is 2.49. The first-order valence-electron chi connectivity index (χ1n) is 6.87. The first-order chi connectivity index (χ1) is 10.1. The van der Waals surface area contributed by atoms with Gasteiger partial charge in [0.15, 0.2) is 5.78 Å². The fourth-order valence-corrected chi connectivity index (χ4v) is 2.15. The Morgan fingerprint density at radius 2 is 2.05 bits per heavy atom. The van der Waals surface area contributed by atoms with Gasteiger partial charge < -0.3 is 15.8 Å². The largest absolute Gasteiger partial charge is 0.497 e. The van der Waals surface area contributed by atoms with Gasteiger partial charge >= 0.3 is 0 Å². The molecule has 0 aliphatic heterocycles. The van der Waals surface area contributed by atoms with Gasteiger partial charge in [0.05, 0.1) is 7.11 Å². The zero-order valence-electron chi connectivity index (χ0n) is 12.3. The third-order valence-corrected chi connectivity index (χ3v) is 3.31. The van der Waals surface area contributed by atoms with E-state index in [1.54, 1.807) is 19.2 Å². The number of methoxy groups -OCH3 is 1. The average molecular weight is 284 g/mol. The van der Waals surface area contributed by atoms with Crippen molar-refractivity contribution in [1.82, 2.24) is 0 Å². The van der Waals surface area contributed by atoms with Crippen molar-refractivity contribution < 1.29 is 9.53 Å². The fourth-order valence-electron chi connectivity index (χ4n) is 2.15. The second-order valence-corrected chi connectivity index (χ2v) is 4.89. The van der Waals surface area contributed by atoms with E-state index in [1.165, 1.54) is 12.5 Å². The van der Waals surface area contributed by atoms with E-state index in [-0.39, 0.29) is 5.78 Å². The number of nitrogens with two attached hydrogens (primary N) is 1. The summed E-state index contributed by atoms with van der Waals surface area (Å²) in [4.78, 5) is 11.5. The van der Waals surface area contributed by atoms with Gasteiger partial charge in [0, 0.05) is 23.5 Å². The van der Waals surface area contributed by atoms with Crippen LogP contribution in [0.2, 0.25) is 0 Å². The number of ketones is 1. The van der Waals surface area contributed by atoms with Crippen LogP contribution in [0, 0.1) is 0 Å². The quantitative estimate of drug-likeness (QED) is 0.632. The van der Waals surface area contributed by atoms with Crippen molar-refractivity contribution in [1.29, 1.82) is 0 Å². The third kappa shape index (κ3) is 3.99. The summed E-state index contributed by atoms with van der Waals surface area (Å²) in [5.41, 5.74) is 8.95. The van der Waals surface area contributed by atoms with Crippen molar-refractivity contribution >= 4 is 17.2 Å². The summed E-state index contributed by atoms with van der Waals surface area (Å²) in [6.07, 6.45) is 0.872. The van der Waals surface area contributed by atoms with Gasteiger partial charge in [0.1, 0.15) is 5.75 Å². The van der Waals surface area contributed by atoms with Crippen LogP contribution in [0.15, 0.2) is 42.5 Å². The monoisotopic (exact) mass is 284 g/mol. The molecule has 4 nitrogen and oxygen atoms in total. The maximum atomic E-state index is 11.5. The Morgan fingerprint density at radius 3 is 2.76 bits per heavy atom. The number of rotatable bonds is 6. The molecule has 21 heavy (non-hydrogen) atoms. The van der Waals surface area contributed by atoms with Crippen molar-refractivity contribution in [2.24, 2.45) is 0 Å². The number of nitrogens with one attached hydrogen (secondary N) is 1. The number of carbonyl (C=O) groups is 1. The molecule has 2 rings (SSSR count). The van der Waals surface area contributed by atoms with E-state index < -0.39 is 0 Å². The van der Waals surface area contributed by atoms with Gasteiger partial charge in [-0.05, 0) is 49.2 Å². The highest BCUT2D eigenvalue weighted by molar-refractivity contribution is 6.00. The Morgan fingerprint density at radius 1 is 1.24 bits per heavy atom. The smallest absolute Gasteiger partial charge is 0.161 e. The highest BCUT2D eigenvalue weighted by atomic mass is 16.5. The molecule has 0 aliphatic carbocycles. The third-order valence-electron chi connectivity index (χ3n) is 3.31. The van der Waals surface area contributed by atoms with Crippen LogP contribution in [-0.2, 0) is 6.42 Å². The second-order valence-electron chi connectivity index (χ2n) is 4.89. The highest BCUT2D eigenvalue weighted by Gasteiger charge is 2.05. The maximum Gasteiger partial charge on any atom is 0.161 e. The zero-order valence-corrected chi connectivity index (χ0v) is 12.3. The molecule has 0 saturated carbocycles. The molecular formula is C17H20N2O2. The molecule has 0 heterocycles. The van der Waals surface area contributed by atoms with Crippen molar-refractivity contribution in [3.63, 3.8) is 0 Å².